The number of rotatable bonds is 4. The molecule has 1 aromatic carbocycles. The Morgan fingerprint density at radius 1 is 0.897 bits per heavy atom. The molecule has 8 nitrogen and oxygen atoms in total. The summed E-state index contributed by atoms with van der Waals surface area (Å²) in [4.78, 5) is 40.6. The van der Waals surface area contributed by atoms with Crippen LogP contribution in [0.25, 0.3) is 0 Å². The van der Waals surface area contributed by atoms with Crippen LogP contribution in [0.2, 0.25) is 10.0 Å². The van der Waals surface area contributed by atoms with Crippen molar-refractivity contribution in [3.8, 4) is 0 Å². The van der Waals surface area contributed by atoms with Crippen LogP contribution in [0.4, 0.5) is 10.5 Å². The van der Waals surface area contributed by atoms with Gasteiger partial charge < -0.3 is 19.8 Å². The molecule has 1 aliphatic carbocycles. The SMILES string of the molecule is O=C(O)Nc1ccc(Cl)c(Cl)c1.O=C1C=C(N2CC2)C(=O)C(N2CC2)=C1N1CC1. The molecule has 1 amide bonds. The van der Waals surface area contributed by atoms with Crippen LogP contribution < -0.4 is 5.32 Å². The van der Waals surface area contributed by atoms with Gasteiger partial charge in [0, 0.05) is 51.0 Å². The first-order chi connectivity index (χ1) is 13.8. The summed E-state index contributed by atoms with van der Waals surface area (Å²) in [6.07, 6.45) is 0.393. The molecule has 10 heteroatoms. The van der Waals surface area contributed by atoms with Gasteiger partial charge in [0.1, 0.15) is 11.4 Å². The highest BCUT2D eigenvalue weighted by atomic mass is 35.5. The van der Waals surface area contributed by atoms with Gasteiger partial charge in [-0.05, 0) is 18.2 Å². The van der Waals surface area contributed by atoms with Crippen molar-refractivity contribution in [2.24, 2.45) is 0 Å². The first-order valence-corrected chi connectivity index (χ1v) is 9.85. The van der Waals surface area contributed by atoms with E-state index in [0.29, 0.717) is 32.8 Å². The van der Waals surface area contributed by atoms with Gasteiger partial charge in [0.05, 0.1) is 15.7 Å². The zero-order chi connectivity index (χ0) is 20.7. The molecule has 0 spiro atoms. The molecule has 0 aromatic heterocycles. The highest BCUT2D eigenvalue weighted by Crippen LogP contribution is 2.34. The summed E-state index contributed by atoms with van der Waals surface area (Å²) in [7, 11) is 0. The van der Waals surface area contributed by atoms with Crippen LogP contribution in [0.3, 0.4) is 0 Å². The lowest BCUT2D eigenvalue weighted by molar-refractivity contribution is -0.117. The van der Waals surface area contributed by atoms with Crippen molar-refractivity contribution in [2.75, 3.05) is 44.6 Å². The first kappa shape index (κ1) is 19.6. The Kier molecular flexibility index (Phi) is 5.14. The van der Waals surface area contributed by atoms with E-state index in [0.717, 1.165) is 39.3 Å². The Morgan fingerprint density at radius 3 is 2.00 bits per heavy atom. The van der Waals surface area contributed by atoms with Gasteiger partial charge in [0.2, 0.25) is 11.6 Å². The summed E-state index contributed by atoms with van der Waals surface area (Å²) in [5.41, 5.74) is 2.29. The Hall–Kier alpha value is -2.71. The van der Waals surface area contributed by atoms with Gasteiger partial charge in [-0.1, -0.05) is 23.2 Å². The van der Waals surface area contributed by atoms with Crippen LogP contribution in [0.15, 0.2) is 41.4 Å². The zero-order valence-corrected chi connectivity index (χ0v) is 16.8. The van der Waals surface area contributed by atoms with E-state index in [-0.39, 0.29) is 11.6 Å². The molecule has 3 aliphatic heterocycles. The molecule has 0 saturated carbocycles. The molecule has 0 radical (unpaired) electrons. The summed E-state index contributed by atoms with van der Waals surface area (Å²) in [6, 6.07) is 4.50. The number of hydrogen-bond donors (Lipinski definition) is 2. The number of nitrogens with zero attached hydrogens (tertiary/aromatic N) is 3. The molecule has 3 fully saturated rings. The summed E-state index contributed by atoms with van der Waals surface area (Å²) < 4.78 is 0. The van der Waals surface area contributed by atoms with Gasteiger partial charge in [0.15, 0.2) is 0 Å². The highest BCUT2D eigenvalue weighted by Gasteiger charge is 2.43. The molecule has 3 heterocycles. The fraction of sp³-hybridized carbons (Fsp3) is 0.316. The number of Topliss-reactive ketones (excluding diaryl/α,β-unsaturated/α-hetero) is 1. The number of halogens is 2. The molecule has 0 bridgehead atoms. The van der Waals surface area contributed by atoms with Crippen LogP contribution in [-0.4, -0.2) is 76.7 Å². The monoisotopic (exact) mass is 436 g/mol. The average Bonchev–Trinajstić information content (AvgIpc) is 3.52. The number of carbonyl (C=O) groups is 3. The molecular weight excluding hydrogens is 419 g/mol. The summed E-state index contributed by atoms with van der Waals surface area (Å²) in [5.74, 6) is 0.0485. The molecule has 29 heavy (non-hydrogen) atoms. The van der Waals surface area contributed by atoms with Crippen LogP contribution >= 0.6 is 23.2 Å². The lowest BCUT2D eigenvalue weighted by Crippen LogP contribution is -2.29. The average molecular weight is 437 g/mol. The number of benzene rings is 1. The molecule has 3 saturated heterocycles. The van der Waals surface area contributed by atoms with Gasteiger partial charge in [0.25, 0.3) is 0 Å². The minimum absolute atomic E-state index is 0.00546. The summed E-state index contributed by atoms with van der Waals surface area (Å²) >= 11 is 11.2. The zero-order valence-electron chi connectivity index (χ0n) is 15.3. The van der Waals surface area contributed by atoms with Crippen molar-refractivity contribution in [1.82, 2.24) is 14.7 Å². The molecule has 2 N–H and O–H groups in total. The van der Waals surface area contributed by atoms with E-state index in [1.807, 2.05) is 14.7 Å². The molecule has 1 aromatic rings. The van der Waals surface area contributed by atoms with E-state index in [9.17, 15) is 14.4 Å². The van der Waals surface area contributed by atoms with Crippen molar-refractivity contribution in [3.05, 3.63) is 51.4 Å². The van der Waals surface area contributed by atoms with Gasteiger partial charge >= 0.3 is 6.09 Å². The van der Waals surface area contributed by atoms with Crippen LogP contribution in [0.1, 0.15) is 0 Å². The second kappa shape index (κ2) is 7.61. The van der Waals surface area contributed by atoms with Crippen LogP contribution in [0, 0.1) is 0 Å². The molecule has 152 valence electrons. The smallest absolute Gasteiger partial charge is 0.409 e. The van der Waals surface area contributed by atoms with Gasteiger partial charge in [-0.3, -0.25) is 14.9 Å². The number of nitrogens with one attached hydrogen (secondary N) is 1. The Bertz CT molecular complexity index is 963. The normalized spacial score (nSPS) is 19.5. The van der Waals surface area contributed by atoms with E-state index >= 15 is 0 Å². The lowest BCUT2D eigenvalue weighted by Gasteiger charge is -2.21. The topological polar surface area (TPSA) is 92.5 Å². The maximum atomic E-state index is 12.4. The van der Waals surface area contributed by atoms with E-state index in [1.54, 1.807) is 0 Å². The van der Waals surface area contributed by atoms with E-state index in [1.165, 1.54) is 24.3 Å². The minimum Gasteiger partial charge on any atom is -0.465 e. The number of carbonyl (C=O) groups excluding carboxylic acids is 2. The summed E-state index contributed by atoms with van der Waals surface area (Å²) in [5, 5.41) is 11.2. The van der Waals surface area contributed by atoms with Crippen molar-refractivity contribution in [1.29, 1.82) is 0 Å². The van der Waals surface area contributed by atoms with Crippen LogP contribution in [-0.2, 0) is 9.59 Å². The maximum absolute atomic E-state index is 12.4. The van der Waals surface area contributed by atoms with Gasteiger partial charge in [-0.15, -0.1) is 0 Å². The number of ketones is 2. The summed E-state index contributed by atoms with van der Waals surface area (Å²) in [6.45, 7) is 5.41. The Morgan fingerprint density at radius 2 is 1.48 bits per heavy atom. The van der Waals surface area contributed by atoms with E-state index in [4.69, 9.17) is 28.3 Å². The largest absolute Gasteiger partial charge is 0.465 e. The second-order valence-corrected chi connectivity index (χ2v) is 7.75. The highest BCUT2D eigenvalue weighted by molar-refractivity contribution is 6.42. The van der Waals surface area contributed by atoms with Crippen molar-refractivity contribution in [3.63, 3.8) is 0 Å². The quantitative estimate of drug-likeness (QED) is 0.552. The fourth-order valence-corrected chi connectivity index (χ4v) is 3.27. The Labute approximate surface area is 176 Å². The number of hydrogen-bond acceptors (Lipinski definition) is 6. The molecule has 4 aliphatic rings. The van der Waals surface area contributed by atoms with Gasteiger partial charge in [-0.2, -0.15) is 0 Å². The Balaban J connectivity index is 0.000000152. The van der Waals surface area contributed by atoms with Gasteiger partial charge in [-0.25, -0.2) is 4.79 Å². The third-order valence-electron chi connectivity index (χ3n) is 4.66. The minimum atomic E-state index is -1.13. The predicted molar refractivity (Wildman–Crippen MR) is 108 cm³/mol. The maximum Gasteiger partial charge on any atom is 0.409 e. The first-order valence-electron chi connectivity index (χ1n) is 9.10. The van der Waals surface area contributed by atoms with E-state index < -0.39 is 6.09 Å². The lowest BCUT2D eigenvalue weighted by atomic mass is 10.0. The molecule has 5 rings (SSSR count). The molecule has 0 atom stereocenters. The standard InChI is InChI=1S/C12H13N3O2.C7H5Cl2NO2/c16-9-7-8(13-1-2-13)12(17)11(15-5-6-15)10(9)14-3-4-14;8-5-2-1-4(3-6(5)9)10-7(11)12/h7H,1-6H2;1-3,10H,(H,11,12). The van der Waals surface area contributed by atoms with Crippen molar-refractivity contribution < 1.29 is 19.5 Å². The number of allylic oxidation sites excluding steroid dienone is 1. The van der Waals surface area contributed by atoms with E-state index in [2.05, 4.69) is 5.32 Å². The molecular formula is C19H18Cl2N4O4. The number of anilines is 1. The third-order valence-corrected chi connectivity index (χ3v) is 5.40. The van der Waals surface area contributed by atoms with Crippen LogP contribution in [0.5, 0.6) is 0 Å². The predicted octanol–water partition coefficient (Wildman–Crippen LogP) is 2.26. The second-order valence-electron chi connectivity index (χ2n) is 6.94. The number of amides is 1. The number of carboxylic acid groups (broad SMARTS) is 1. The van der Waals surface area contributed by atoms with Crippen molar-refractivity contribution >= 4 is 46.5 Å². The third kappa shape index (κ3) is 4.49. The fourth-order valence-electron chi connectivity index (χ4n) is 2.97. The van der Waals surface area contributed by atoms with Crippen molar-refractivity contribution in [2.45, 2.75) is 0 Å². The molecule has 0 unspecified atom stereocenters.